The molecule has 0 aromatic carbocycles. The second-order valence-electron chi connectivity index (χ2n) is 5.43. The molecule has 0 bridgehead atoms. The summed E-state index contributed by atoms with van der Waals surface area (Å²) in [5.41, 5.74) is 5.77. The summed E-state index contributed by atoms with van der Waals surface area (Å²) in [7, 11) is 0. The molecule has 1 saturated heterocycles. The van der Waals surface area contributed by atoms with E-state index >= 15 is 0 Å². The zero-order valence-corrected chi connectivity index (χ0v) is 10.8. The molecule has 2 rings (SSSR count). The molecule has 2 amide bonds. The molecule has 2 unspecified atom stereocenters. The minimum atomic E-state index is -0.0850. The molecule has 4 N–H and O–H groups in total. The first-order valence-corrected chi connectivity index (χ1v) is 6.98. The molecule has 18 heavy (non-hydrogen) atoms. The van der Waals surface area contributed by atoms with Crippen molar-refractivity contribution < 1.29 is 9.59 Å². The zero-order valence-electron chi connectivity index (χ0n) is 10.8. The summed E-state index contributed by atoms with van der Waals surface area (Å²) >= 11 is 0. The first-order chi connectivity index (χ1) is 8.70. The highest BCUT2D eigenvalue weighted by Crippen LogP contribution is 2.27. The molecular weight excluding hydrogens is 230 g/mol. The van der Waals surface area contributed by atoms with Crippen LogP contribution in [0.25, 0.3) is 0 Å². The summed E-state index contributed by atoms with van der Waals surface area (Å²) in [6, 6.07) is 0.109. The predicted octanol–water partition coefficient (Wildman–Crippen LogP) is 0.146. The maximum atomic E-state index is 12.1. The van der Waals surface area contributed by atoms with Gasteiger partial charge in [-0.05, 0) is 25.2 Å². The molecule has 0 radical (unpaired) electrons. The molecule has 1 aliphatic carbocycles. The third-order valence-electron chi connectivity index (χ3n) is 4.19. The second-order valence-corrected chi connectivity index (χ2v) is 5.43. The van der Waals surface area contributed by atoms with Crippen molar-refractivity contribution in [3.8, 4) is 0 Å². The minimum Gasteiger partial charge on any atom is -0.355 e. The highest BCUT2D eigenvalue weighted by Gasteiger charge is 2.29. The van der Waals surface area contributed by atoms with Crippen molar-refractivity contribution >= 4 is 11.8 Å². The molecule has 102 valence electrons. The molecule has 1 heterocycles. The molecule has 0 aromatic heterocycles. The number of nitrogens with two attached hydrogens (primary N) is 1. The van der Waals surface area contributed by atoms with Gasteiger partial charge in [-0.1, -0.05) is 12.8 Å². The van der Waals surface area contributed by atoms with Crippen LogP contribution < -0.4 is 16.4 Å². The van der Waals surface area contributed by atoms with Gasteiger partial charge >= 0.3 is 0 Å². The van der Waals surface area contributed by atoms with E-state index in [0.717, 1.165) is 0 Å². The van der Waals surface area contributed by atoms with Crippen LogP contribution in [-0.4, -0.2) is 30.9 Å². The third-order valence-corrected chi connectivity index (χ3v) is 4.19. The summed E-state index contributed by atoms with van der Waals surface area (Å²) < 4.78 is 0. The van der Waals surface area contributed by atoms with Crippen LogP contribution in [0.2, 0.25) is 0 Å². The van der Waals surface area contributed by atoms with E-state index in [-0.39, 0.29) is 23.8 Å². The van der Waals surface area contributed by atoms with E-state index < -0.39 is 0 Å². The maximum Gasteiger partial charge on any atom is 0.225 e. The molecule has 0 spiro atoms. The van der Waals surface area contributed by atoms with Crippen molar-refractivity contribution in [3.05, 3.63) is 0 Å². The van der Waals surface area contributed by atoms with Crippen molar-refractivity contribution in [2.45, 2.75) is 44.6 Å². The van der Waals surface area contributed by atoms with Crippen molar-refractivity contribution in [2.75, 3.05) is 13.1 Å². The summed E-state index contributed by atoms with van der Waals surface area (Å²) in [6.07, 6.45) is 5.94. The van der Waals surface area contributed by atoms with Gasteiger partial charge in [0.2, 0.25) is 11.8 Å². The average molecular weight is 253 g/mol. The van der Waals surface area contributed by atoms with E-state index in [9.17, 15) is 9.59 Å². The Hall–Kier alpha value is -1.10. The standard InChI is InChI=1S/C13H23N3O2/c14-7-11(9-3-1-2-4-9)16-13(18)10-5-6-12(17)15-8-10/h9-11H,1-8,14H2,(H,15,17)(H,16,18). The number of amides is 2. The molecule has 0 aromatic rings. The minimum absolute atomic E-state index is 0.0465. The Morgan fingerprint density at radius 3 is 2.67 bits per heavy atom. The van der Waals surface area contributed by atoms with Gasteiger partial charge in [0.05, 0.1) is 5.92 Å². The monoisotopic (exact) mass is 253 g/mol. The van der Waals surface area contributed by atoms with Gasteiger partial charge < -0.3 is 16.4 Å². The topological polar surface area (TPSA) is 84.2 Å². The van der Waals surface area contributed by atoms with E-state index in [2.05, 4.69) is 10.6 Å². The molecule has 2 fully saturated rings. The first-order valence-electron chi connectivity index (χ1n) is 6.98. The molecule has 5 heteroatoms. The van der Waals surface area contributed by atoms with E-state index in [1.807, 2.05) is 0 Å². The molecule has 2 atom stereocenters. The van der Waals surface area contributed by atoms with E-state index in [0.29, 0.717) is 31.8 Å². The highest BCUT2D eigenvalue weighted by atomic mass is 16.2. The van der Waals surface area contributed by atoms with Crippen molar-refractivity contribution in [1.29, 1.82) is 0 Å². The fourth-order valence-electron chi connectivity index (χ4n) is 2.99. The lowest BCUT2D eigenvalue weighted by molar-refractivity contribution is -0.129. The lowest BCUT2D eigenvalue weighted by Crippen LogP contribution is -2.50. The number of piperidine rings is 1. The summed E-state index contributed by atoms with van der Waals surface area (Å²) in [6.45, 7) is 0.974. The Labute approximate surface area is 108 Å². The van der Waals surface area contributed by atoms with Crippen LogP contribution in [0.4, 0.5) is 0 Å². The normalized spacial score (nSPS) is 26.7. The summed E-state index contributed by atoms with van der Waals surface area (Å²) in [5.74, 6) is 0.554. The quantitative estimate of drug-likeness (QED) is 0.666. The number of hydrogen-bond acceptors (Lipinski definition) is 3. The summed E-state index contributed by atoms with van der Waals surface area (Å²) in [5, 5.41) is 5.82. The molecule has 1 saturated carbocycles. The molecule has 2 aliphatic rings. The van der Waals surface area contributed by atoms with Crippen LogP contribution in [0, 0.1) is 11.8 Å². The lowest BCUT2D eigenvalue weighted by Gasteiger charge is -2.27. The van der Waals surface area contributed by atoms with E-state index in [4.69, 9.17) is 5.73 Å². The maximum absolute atomic E-state index is 12.1. The Morgan fingerprint density at radius 1 is 1.39 bits per heavy atom. The molecule has 5 nitrogen and oxygen atoms in total. The largest absolute Gasteiger partial charge is 0.355 e. The van der Waals surface area contributed by atoms with Crippen molar-refractivity contribution in [2.24, 2.45) is 17.6 Å². The van der Waals surface area contributed by atoms with Crippen LogP contribution >= 0.6 is 0 Å². The fraction of sp³-hybridized carbons (Fsp3) is 0.846. The number of rotatable bonds is 4. The van der Waals surface area contributed by atoms with Gasteiger partial charge in [0.1, 0.15) is 0 Å². The SMILES string of the molecule is NCC(NC(=O)C1CCC(=O)NC1)C1CCCC1. The van der Waals surface area contributed by atoms with Crippen molar-refractivity contribution in [1.82, 2.24) is 10.6 Å². The van der Waals surface area contributed by atoms with Gasteiger partial charge in [-0.3, -0.25) is 9.59 Å². The van der Waals surface area contributed by atoms with Crippen LogP contribution in [0.3, 0.4) is 0 Å². The van der Waals surface area contributed by atoms with Gasteiger partial charge in [-0.25, -0.2) is 0 Å². The second kappa shape index (κ2) is 6.18. The number of carbonyl (C=O) groups is 2. The number of hydrogen-bond donors (Lipinski definition) is 3. The van der Waals surface area contributed by atoms with Gasteiger partial charge in [0.15, 0.2) is 0 Å². The van der Waals surface area contributed by atoms with Crippen LogP contribution in [0.1, 0.15) is 38.5 Å². The Bertz CT molecular complexity index is 303. The lowest BCUT2D eigenvalue weighted by atomic mass is 9.94. The van der Waals surface area contributed by atoms with Crippen molar-refractivity contribution in [3.63, 3.8) is 0 Å². The van der Waals surface area contributed by atoms with E-state index in [1.165, 1.54) is 25.7 Å². The predicted molar refractivity (Wildman–Crippen MR) is 68.7 cm³/mol. The van der Waals surface area contributed by atoms with Gasteiger partial charge in [-0.2, -0.15) is 0 Å². The fourth-order valence-corrected chi connectivity index (χ4v) is 2.99. The summed E-state index contributed by atoms with van der Waals surface area (Å²) in [4.78, 5) is 23.2. The van der Waals surface area contributed by atoms with Gasteiger partial charge in [0.25, 0.3) is 0 Å². The third kappa shape index (κ3) is 3.22. The molecule has 1 aliphatic heterocycles. The average Bonchev–Trinajstić information content (AvgIpc) is 2.90. The van der Waals surface area contributed by atoms with E-state index in [1.54, 1.807) is 0 Å². The highest BCUT2D eigenvalue weighted by molar-refractivity contribution is 5.83. The Balaban J connectivity index is 1.83. The van der Waals surface area contributed by atoms with Crippen LogP contribution in [0.5, 0.6) is 0 Å². The number of nitrogens with one attached hydrogen (secondary N) is 2. The van der Waals surface area contributed by atoms with Crippen LogP contribution in [0.15, 0.2) is 0 Å². The Kier molecular flexibility index (Phi) is 4.58. The van der Waals surface area contributed by atoms with Gasteiger partial charge in [-0.15, -0.1) is 0 Å². The number of carbonyl (C=O) groups excluding carboxylic acids is 2. The van der Waals surface area contributed by atoms with Crippen LogP contribution in [-0.2, 0) is 9.59 Å². The molecular formula is C13H23N3O2. The van der Waals surface area contributed by atoms with Gasteiger partial charge in [0, 0.05) is 25.6 Å². The zero-order chi connectivity index (χ0) is 13.0. The first kappa shape index (κ1) is 13.3. The Morgan fingerprint density at radius 2 is 2.11 bits per heavy atom. The smallest absolute Gasteiger partial charge is 0.225 e.